The summed E-state index contributed by atoms with van der Waals surface area (Å²) in [5, 5.41) is 14.4. The lowest BCUT2D eigenvalue weighted by atomic mass is 9.83. The normalized spacial score (nSPS) is 34.5. The van der Waals surface area contributed by atoms with Gasteiger partial charge in [-0.1, -0.05) is 49.2 Å². The molecule has 4 bridgehead atoms. The fraction of sp³-hybridized carbons (Fsp3) is 0.594. The average molecular weight is 635 g/mol. The molecule has 0 saturated carbocycles. The predicted octanol–water partition coefficient (Wildman–Crippen LogP) is 4.47. The molecule has 242 valence electrons. The number of carbonyl (C=O) groups is 3. The molecule has 2 fully saturated rings. The number of rotatable bonds is 5. The van der Waals surface area contributed by atoms with Gasteiger partial charge in [-0.25, -0.2) is 4.79 Å². The standard InChI is InChI=1S/C32H43ClN2O9/c1-8-10-27(37)43-25-16-26(36)35(5)21-14-20(15-22(40-6)28(21)33)13-18(2)11-9-12-24(41-7)32(39)17-23(42-30(38)34-32)19(3)29-31(25,4)44-29/h9,11-12,14-15,19,23-25,29,39H,8,10,13,16-17H2,1-7H3,(H,34,38)/b12-9-,18-11-/t19-,23+,24-,25?,29+,31+,32+/m1/s1. The van der Waals surface area contributed by atoms with Crippen LogP contribution in [0.2, 0.25) is 5.02 Å². The van der Waals surface area contributed by atoms with E-state index in [1.54, 1.807) is 26.1 Å². The van der Waals surface area contributed by atoms with Crippen LogP contribution in [0.1, 0.15) is 58.9 Å². The Labute approximate surface area is 263 Å². The number of allylic oxidation sites excluding steroid dienone is 3. The van der Waals surface area contributed by atoms with Crippen molar-refractivity contribution >= 4 is 35.3 Å². The molecule has 0 aliphatic carbocycles. The number of hydrogen-bond donors (Lipinski definition) is 2. The van der Waals surface area contributed by atoms with E-state index in [9.17, 15) is 19.5 Å². The molecule has 3 heterocycles. The zero-order valence-electron chi connectivity index (χ0n) is 26.3. The summed E-state index contributed by atoms with van der Waals surface area (Å²) in [5.41, 5.74) is -0.561. The van der Waals surface area contributed by atoms with E-state index in [2.05, 4.69) is 5.32 Å². The number of amides is 2. The van der Waals surface area contributed by atoms with Crippen molar-refractivity contribution in [2.45, 2.75) is 95.5 Å². The molecule has 0 radical (unpaired) electrons. The number of fused-ring (bicyclic) bond motifs is 5. The second-order valence-electron chi connectivity index (χ2n) is 12.0. The van der Waals surface area contributed by atoms with Gasteiger partial charge >= 0.3 is 12.1 Å². The molecule has 1 unspecified atom stereocenters. The Morgan fingerprint density at radius 3 is 2.66 bits per heavy atom. The summed E-state index contributed by atoms with van der Waals surface area (Å²) >= 11 is 6.68. The fourth-order valence-corrected chi connectivity index (χ4v) is 6.34. The molecule has 1 aromatic carbocycles. The SMILES string of the molecule is CCCC(=O)OC1CC(=O)N(C)c2cc(cc(OC)c2Cl)C/C(C)=C\C=C/[C@@H](OC)[C@@]2(O)C[C@H](OC(=O)N2)[C@@H](C)[C@@H]2O[C@@]12C. The highest BCUT2D eigenvalue weighted by molar-refractivity contribution is 6.35. The third kappa shape index (κ3) is 7.06. The largest absolute Gasteiger partial charge is 0.495 e. The summed E-state index contributed by atoms with van der Waals surface area (Å²) in [5.74, 6) is -0.813. The summed E-state index contributed by atoms with van der Waals surface area (Å²) in [6.45, 7) is 7.41. The second-order valence-corrected chi connectivity index (χ2v) is 12.4. The molecule has 11 nitrogen and oxygen atoms in total. The summed E-state index contributed by atoms with van der Waals surface area (Å²) in [4.78, 5) is 40.6. The molecular weight excluding hydrogens is 592 g/mol. The van der Waals surface area contributed by atoms with E-state index < -0.39 is 53.7 Å². The number of alkyl carbamates (subject to hydrolysis) is 1. The fourth-order valence-electron chi connectivity index (χ4n) is 6.03. The van der Waals surface area contributed by atoms with Gasteiger partial charge < -0.3 is 33.7 Å². The monoisotopic (exact) mass is 634 g/mol. The van der Waals surface area contributed by atoms with Gasteiger partial charge in [-0.3, -0.25) is 14.9 Å². The van der Waals surface area contributed by atoms with E-state index in [1.807, 2.05) is 39.0 Å². The lowest BCUT2D eigenvalue weighted by molar-refractivity contribution is -0.153. The van der Waals surface area contributed by atoms with Crippen molar-refractivity contribution in [3.05, 3.63) is 46.5 Å². The minimum Gasteiger partial charge on any atom is -0.495 e. The van der Waals surface area contributed by atoms with Crippen molar-refractivity contribution in [1.82, 2.24) is 5.32 Å². The molecule has 1 aromatic rings. The Bertz CT molecular complexity index is 1330. The molecule has 2 N–H and O–H groups in total. The number of nitrogens with zero attached hydrogens (tertiary/aromatic N) is 1. The molecule has 3 aliphatic heterocycles. The number of benzene rings is 1. The maximum Gasteiger partial charge on any atom is 0.409 e. The number of nitrogens with one attached hydrogen (secondary N) is 1. The molecule has 7 atom stereocenters. The van der Waals surface area contributed by atoms with Gasteiger partial charge in [0, 0.05) is 32.9 Å². The Balaban J connectivity index is 1.79. The number of epoxide rings is 1. The van der Waals surface area contributed by atoms with E-state index in [0.29, 0.717) is 24.3 Å². The van der Waals surface area contributed by atoms with Crippen molar-refractivity contribution in [2.75, 3.05) is 26.2 Å². The highest BCUT2D eigenvalue weighted by atomic mass is 35.5. The van der Waals surface area contributed by atoms with Gasteiger partial charge in [0.05, 0.1) is 25.3 Å². The van der Waals surface area contributed by atoms with Gasteiger partial charge in [-0.2, -0.15) is 0 Å². The van der Waals surface area contributed by atoms with Crippen LogP contribution in [0, 0.1) is 5.92 Å². The van der Waals surface area contributed by atoms with Gasteiger partial charge in [0.2, 0.25) is 5.91 Å². The number of methoxy groups -OCH3 is 2. The quantitative estimate of drug-likeness (QED) is 0.355. The number of ether oxygens (including phenoxy) is 5. The molecular formula is C32H43ClN2O9. The minimum absolute atomic E-state index is 0.00742. The van der Waals surface area contributed by atoms with Crippen LogP contribution in [0.15, 0.2) is 35.9 Å². The first-order chi connectivity index (χ1) is 20.8. The Hall–Kier alpha value is -3.12. The highest BCUT2D eigenvalue weighted by Gasteiger charge is 2.64. The summed E-state index contributed by atoms with van der Waals surface area (Å²) < 4.78 is 28.8. The number of aliphatic hydroxyl groups is 1. The zero-order valence-corrected chi connectivity index (χ0v) is 27.1. The first kappa shape index (κ1) is 33.8. The second kappa shape index (κ2) is 13.5. The lowest BCUT2D eigenvalue weighted by Crippen LogP contribution is -2.63. The first-order valence-electron chi connectivity index (χ1n) is 14.8. The molecule has 2 saturated heterocycles. The number of esters is 1. The van der Waals surface area contributed by atoms with Gasteiger partial charge in [0.1, 0.15) is 34.7 Å². The van der Waals surface area contributed by atoms with Crippen LogP contribution >= 0.6 is 11.6 Å². The van der Waals surface area contributed by atoms with Gasteiger partial charge in [-0.05, 0) is 44.4 Å². The van der Waals surface area contributed by atoms with Crippen molar-refractivity contribution in [3.8, 4) is 5.75 Å². The van der Waals surface area contributed by atoms with Crippen LogP contribution in [0.4, 0.5) is 10.5 Å². The average Bonchev–Trinajstić information content (AvgIpc) is 3.66. The van der Waals surface area contributed by atoms with Crippen LogP contribution in [0.25, 0.3) is 0 Å². The number of halogens is 1. The Morgan fingerprint density at radius 2 is 2.00 bits per heavy atom. The third-order valence-electron chi connectivity index (χ3n) is 8.68. The van der Waals surface area contributed by atoms with Crippen LogP contribution in [0.3, 0.4) is 0 Å². The summed E-state index contributed by atoms with van der Waals surface area (Å²) in [7, 11) is 4.57. The Kier molecular flexibility index (Phi) is 10.3. The van der Waals surface area contributed by atoms with Crippen molar-refractivity contribution in [3.63, 3.8) is 0 Å². The van der Waals surface area contributed by atoms with Crippen molar-refractivity contribution in [2.24, 2.45) is 5.92 Å². The molecule has 4 rings (SSSR count). The van der Waals surface area contributed by atoms with Gasteiger partial charge in [0.15, 0.2) is 5.72 Å². The predicted molar refractivity (Wildman–Crippen MR) is 164 cm³/mol. The molecule has 0 spiro atoms. The lowest BCUT2D eigenvalue weighted by Gasteiger charge is -2.42. The molecule has 0 aromatic heterocycles. The van der Waals surface area contributed by atoms with E-state index in [1.165, 1.54) is 19.1 Å². The molecule has 3 aliphatic rings. The van der Waals surface area contributed by atoms with E-state index in [0.717, 1.165) is 11.1 Å². The van der Waals surface area contributed by atoms with Crippen molar-refractivity contribution < 1.29 is 43.2 Å². The number of anilines is 1. The molecule has 44 heavy (non-hydrogen) atoms. The number of carbonyl (C=O) groups excluding carboxylic acids is 3. The van der Waals surface area contributed by atoms with Crippen LogP contribution < -0.4 is 15.0 Å². The van der Waals surface area contributed by atoms with E-state index >= 15 is 0 Å². The smallest absolute Gasteiger partial charge is 0.409 e. The topological polar surface area (TPSA) is 136 Å². The highest BCUT2D eigenvalue weighted by Crippen LogP contribution is 2.49. The zero-order chi connectivity index (χ0) is 32.4. The first-order valence-corrected chi connectivity index (χ1v) is 15.2. The maximum atomic E-state index is 13.8. The van der Waals surface area contributed by atoms with Gasteiger partial charge in [-0.15, -0.1) is 0 Å². The molecule has 12 heteroatoms. The van der Waals surface area contributed by atoms with Crippen LogP contribution in [-0.4, -0.2) is 80.1 Å². The third-order valence-corrected chi connectivity index (χ3v) is 9.06. The van der Waals surface area contributed by atoms with Gasteiger partial charge in [0.25, 0.3) is 0 Å². The number of hydrogen-bond acceptors (Lipinski definition) is 9. The minimum atomic E-state index is -1.76. The van der Waals surface area contributed by atoms with Crippen molar-refractivity contribution in [1.29, 1.82) is 0 Å². The summed E-state index contributed by atoms with van der Waals surface area (Å²) in [6.07, 6.45) is 2.47. The Morgan fingerprint density at radius 1 is 1.27 bits per heavy atom. The van der Waals surface area contributed by atoms with Crippen LogP contribution in [0.5, 0.6) is 5.75 Å². The molecule has 2 amide bonds. The summed E-state index contributed by atoms with van der Waals surface area (Å²) in [6, 6.07) is 3.64. The van der Waals surface area contributed by atoms with Crippen LogP contribution in [-0.2, 0) is 35.0 Å². The van der Waals surface area contributed by atoms with E-state index in [4.69, 9.17) is 35.3 Å². The van der Waals surface area contributed by atoms with E-state index in [-0.39, 0.29) is 30.2 Å². The maximum absolute atomic E-state index is 13.8.